The second-order valence-corrected chi connectivity index (χ2v) is 4.78. The van der Waals surface area contributed by atoms with Crippen molar-refractivity contribution in [2.45, 2.75) is 20.3 Å². The van der Waals surface area contributed by atoms with Crippen molar-refractivity contribution in [2.75, 3.05) is 13.6 Å². The van der Waals surface area contributed by atoms with Crippen molar-refractivity contribution in [1.82, 2.24) is 5.32 Å². The molecule has 0 unspecified atom stereocenters. The van der Waals surface area contributed by atoms with E-state index in [1.165, 1.54) is 5.56 Å². The molecule has 0 saturated heterocycles. The summed E-state index contributed by atoms with van der Waals surface area (Å²) in [5.41, 5.74) is 1.83. The van der Waals surface area contributed by atoms with Crippen LogP contribution in [0.5, 0.6) is 0 Å². The summed E-state index contributed by atoms with van der Waals surface area (Å²) in [6, 6.07) is 2.21. The van der Waals surface area contributed by atoms with Gasteiger partial charge in [0.1, 0.15) is 0 Å². The molecular formula is C10H17NS. The number of rotatable bonds is 4. The third-order valence-corrected chi connectivity index (χ3v) is 2.65. The minimum Gasteiger partial charge on any atom is -0.319 e. The largest absolute Gasteiger partial charge is 0.319 e. The molecule has 1 aromatic heterocycles. The van der Waals surface area contributed by atoms with E-state index in [9.17, 15) is 0 Å². The van der Waals surface area contributed by atoms with Crippen molar-refractivity contribution in [3.05, 3.63) is 22.4 Å². The summed E-state index contributed by atoms with van der Waals surface area (Å²) in [4.78, 5) is 0. The second kappa shape index (κ2) is 4.06. The summed E-state index contributed by atoms with van der Waals surface area (Å²) in [5, 5.41) is 7.60. The monoisotopic (exact) mass is 183 g/mol. The topological polar surface area (TPSA) is 12.0 Å². The van der Waals surface area contributed by atoms with Crippen LogP contribution in [0.1, 0.15) is 19.4 Å². The zero-order chi connectivity index (χ0) is 9.03. The van der Waals surface area contributed by atoms with Crippen molar-refractivity contribution in [2.24, 2.45) is 5.41 Å². The molecule has 1 N–H and O–H groups in total. The van der Waals surface area contributed by atoms with Crippen LogP contribution in [-0.2, 0) is 6.42 Å². The van der Waals surface area contributed by atoms with Gasteiger partial charge in [-0.2, -0.15) is 11.3 Å². The Morgan fingerprint density at radius 2 is 2.25 bits per heavy atom. The van der Waals surface area contributed by atoms with Crippen LogP contribution in [0.3, 0.4) is 0 Å². The first-order valence-electron chi connectivity index (χ1n) is 4.30. The molecule has 0 bridgehead atoms. The van der Waals surface area contributed by atoms with Crippen molar-refractivity contribution < 1.29 is 0 Å². The van der Waals surface area contributed by atoms with Gasteiger partial charge in [-0.3, -0.25) is 0 Å². The normalized spacial score (nSPS) is 11.9. The first-order valence-corrected chi connectivity index (χ1v) is 5.24. The molecule has 1 nitrogen and oxygen atoms in total. The summed E-state index contributed by atoms with van der Waals surface area (Å²) >= 11 is 1.78. The summed E-state index contributed by atoms with van der Waals surface area (Å²) < 4.78 is 0. The van der Waals surface area contributed by atoms with E-state index in [1.807, 2.05) is 7.05 Å². The Balaban J connectivity index is 2.50. The fraction of sp³-hybridized carbons (Fsp3) is 0.600. The lowest BCUT2D eigenvalue weighted by atomic mass is 9.87. The van der Waals surface area contributed by atoms with E-state index in [0.717, 1.165) is 13.0 Å². The Morgan fingerprint density at radius 3 is 2.75 bits per heavy atom. The SMILES string of the molecule is CNCC(C)(C)Cc1ccsc1. The molecule has 0 aliphatic rings. The Hall–Kier alpha value is -0.340. The molecule has 0 aliphatic heterocycles. The molecule has 0 fully saturated rings. The maximum absolute atomic E-state index is 3.22. The van der Waals surface area contributed by atoms with E-state index >= 15 is 0 Å². The smallest absolute Gasteiger partial charge is 0.000270 e. The molecule has 12 heavy (non-hydrogen) atoms. The van der Waals surface area contributed by atoms with Gasteiger partial charge in [0, 0.05) is 6.54 Å². The molecular weight excluding hydrogens is 166 g/mol. The average Bonchev–Trinajstić information content (AvgIpc) is 2.38. The van der Waals surface area contributed by atoms with Crippen LogP contribution in [-0.4, -0.2) is 13.6 Å². The van der Waals surface area contributed by atoms with Gasteiger partial charge in [-0.25, -0.2) is 0 Å². The fourth-order valence-electron chi connectivity index (χ4n) is 1.49. The molecule has 0 spiro atoms. The van der Waals surface area contributed by atoms with Gasteiger partial charge in [0.05, 0.1) is 0 Å². The zero-order valence-electron chi connectivity index (χ0n) is 8.05. The molecule has 1 aromatic rings. The third kappa shape index (κ3) is 2.95. The van der Waals surface area contributed by atoms with E-state index in [-0.39, 0.29) is 0 Å². The average molecular weight is 183 g/mol. The first-order chi connectivity index (χ1) is 5.64. The molecule has 1 rings (SSSR count). The van der Waals surface area contributed by atoms with Crippen molar-refractivity contribution in [1.29, 1.82) is 0 Å². The van der Waals surface area contributed by atoms with Gasteiger partial charge >= 0.3 is 0 Å². The van der Waals surface area contributed by atoms with Gasteiger partial charge in [-0.1, -0.05) is 13.8 Å². The molecule has 0 saturated carbocycles. The third-order valence-electron chi connectivity index (χ3n) is 1.92. The van der Waals surface area contributed by atoms with Gasteiger partial charge in [-0.05, 0) is 41.3 Å². The number of thiophene rings is 1. The lowest BCUT2D eigenvalue weighted by Gasteiger charge is -2.23. The Labute approximate surface area is 78.8 Å². The highest BCUT2D eigenvalue weighted by Gasteiger charge is 2.17. The van der Waals surface area contributed by atoms with Crippen LogP contribution in [0.25, 0.3) is 0 Å². The van der Waals surface area contributed by atoms with Crippen molar-refractivity contribution in [3.63, 3.8) is 0 Å². The Kier molecular flexibility index (Phi) is 3.29. The fourth-order valence-corrected chi connectivity index (χ4v) is 2.16. The second-order valence-electron chi connectivity index (χ2n) is 4.00. The number of hydrogen-bond donors (Lipinski definition) is 1. The van der Waals surface area contributed by atoms with Crippen LogP contribution in [0.4, 0.5) is 0 Å². The van der Waals surface area contributed by atoms with Gasteiger partial charge in [0.15, 0.2) is 0 Å². The quantitative estimate of drug-likeness (QED) is 0.756. The van der Waals surface area contributed by atoms with E-state index < -0.39 is 0 Å². The van der Waals surface area contributed by atoms with Gasteiger partial charge in [0.2, 0.25) is 0 Å². The van der Waals surface area contributed by atoms with E-state index in [4.69, 9.17) is 0 Å². The van der Waals surface area contributed by atoms with Crippen LogP contribution in [0, 0.1) is 5.41 Å². The highest BCUT2D eigenvalue weighted by atomic mass is 32.1. The number of nitrogens with one attached hydrogen (secondary N) is 1. The standard InChI is InChI=1S/C10H17NS/c1-10(2,8-11-3)6-9-4-5-12-7-9/h4-5,7,11H,6,8H2,1-3H3. The summed E-state index contributed by atoms with van der Waals surface area (Å²) in [6.07, 6.45) is 1.16. The van der Waals surface area contributed by atoms with Gasteiger partial charge < -0.3 is 5.32 Å². The summed E-state index contributed by atoms with van der Waals surface area (Å²) in [7, 11) is 2.01. The molecule has 2 heteroatoms. The van der Waals surface area contributed by atoms with Crippen LogP contribution >= 0.6 is 11.3 Å². The molecule has 0 aliphatic carbocycles. The van der Waals surface area contributed by atoms with Crippen LogP contribution in [0.15, 0.2) is 16.8 Å². The number of hydrogen-bond acceptors (Lipinski definition) is 2. The molecule has 0 radical (unpaired) electrons. The Morgan fingerprint density at radius 1 is 1.50 bits per heavy atom. The molecule has 1 heterocycles. The minimum atomic E-state index is 0.371. The predicted octanol–water partition coefficient (Wildman–Crippen LogP) is 2.54. The van der Waals surface area contributed by atoms with Gasteiger partial charge in [-0.15, -0.1) is 0 Å². The zero-order valence-corrected chi connectivity index (χ0v) is 8.87. The van der Waals surface area contributed by atoms with Crippen LogP contribution in [0.2, 0.25) is 0 Å². The van der Waals surface area contributed by atoms with Crippen LogP contribution < -0.4 is 5.32 Å². The van der Waals surface area contributed by atoms with Crippen molar-refractivity contribution >= 4 is 11.3 Å². The highest BCUT2D eigenvalue weighted by Crippen LogP contribution is 2.21. The lowest BCUT2D eigenvalue weighted by molar-refractivity contribution is 0.350. The lowest BCUT2D eigenvalue weighted by Crippen LogP contribution is -2.28. The summed E-state index contributed by atoms with van der Waals surface area (Å²) in [6.45, 7) is 5.66. The minimum absolute atomic E-state index is 0.371. The highest BCUT2D eigenvalue weighted by molar-refractivity contribution is 7.07. The molecule has 0 atom stereocenters. The predicted molar refractivity (Wildman–Crippen MR) is 55.7 cm³/mol. The van der Waals surface area contributed by atoms with E-state index in [0.29, 0.717) is 5.41 Å². The first kappa shape index (κ1) is 9.75. The molecule has 68 valence electrons. The van der Waals surface area contributed by atoms with Gasteiger partial charge in [0.25, 0.3) is 0 Å². The Bertz CT molecular complexity index is 214. The maximum Gasteiger partial charge on any atom is 0.000270 e. The molecule has 0 amide bonds. The van der Waals surface area contributed by atoms with Crippen molar-refractivity contribution in [3.8, 4) is 0 Å². The molecule has 0 aromatic carbocycles. The maximum atomic E-state index is 3.22. The summed E-state index contributed by atoms with van der Waals surface area (Å²) in [5.74, 6) is 0. The van der Waals surface area contributed by atoms with E-state index in [1.54, 1.807) is 11.3 Å². The van der Waals surface area contributed by atoms with E-state index in [2.05, 4.69) is 36.0 Å².